The summed E-state index contributed by atoms with van der Waals surface area (Å²) < 4.78 is 24.9. The minimum absolute atomic E-state index is 0.134. The minimum Gasteiger partial charge on any atom is -0.460 e. The molecule has 0 heterocycles. The van der Waals surface area contributed by atoms with Crippen molar-refractivity contribution in [2.45, 2.75) is 18.6 Å². The smallest absolute Gasteiger partial charge is 0.408 e. The molecule has 0 aliphatic carbocycles. The summed E-state index contributed by atoms with van der Waals surface area (Å²) in [4.78, 5) is 34.6. The quantitative estimate of drug-likeness (QED) is 0.306. The van der Waals surface area contributed by atoms with Crippen molar-refractivity contribution in [3.8, 4) is 0 Å². The topological polar surface area (TPSA) is 109 Å². The second kappa shape index (κ2) is 12.0. The number of nitrogens with one attached hydrogen (secondary N) is 1. The van der Waals surface area contributed by atoms with Crippen molar-refractivity contribution >= 4 is 18.0 Å². The van der Waals surface area contributed by atoms with Gasteiger partial charge in [-0.3, -0.25) is 0 Å². The molecular weight excluding hydrogens is 334 g/mol. The minimum atomic E-state index is -1.22. The van der Waals surface area contributed by atoms with E-state index in [2.05, 4.69) is 18.5 Å². The van der Waals surface area contributed by atoms with E-state index in [1.54, 1.807) is 0 Å². The molecule has 142 valence electrons. The van der Waals surface area contributed by atoms with Gasteiger partial charge in [0.05, 0.1) is 13.2 Å². The summed E-state index contributed by atoms with van der Waals surface area (Å²) in [5, 5.41) is 2.50. The van der Waals surface area contributed by atoms with E-state index in [-0.39, 0.29) is 26.4 Å². The van der Waals surface area contributed by atoms with Crippen LogP contribution in [0, 0.1) is 0 Å². The summed E-state index contributed by atoms with van der Waals surface area (Å²) in [6.07, 6.45) is 0.500. The first-order valence-electron chi connectivity index (χ1n) is 7.35. The Morgan fingerprint density at radius 3 is 1.80 bits per heavy atom. The van der Waals surface area contributed by atoms with E-state index in [0.717, 1.165) is 12.2 Å². The van der Waals surface area contributed by atoms with E-state index in [1.807, 2.05) is 0 Å². The average Bonchev–Trinajstić information content (AvgIpc) is 2.58. The molecule has 0 aromatic carbocycles. The predicted octanol–water partition coefficient (Wildman–Crippen LogP) is 0.591. The monoisotopic (exact) mass is 359 g/mol. The van der Waals surface area contributed by atoms with Gasteiger partial charge in [0.15, 0.2) is 6.10 Å². The molecular formula is C16H25NO8. The van der Waals surface area contributed by atoms with Crippen molar-refractivity contribution in [1.82, 2.24) is 5.32 Å². The number of methoxy groups -OCH3 is 2. The van der Waals surface area contributed by atoms with Crippen molar-refractivity contribution < 1.29 is 38.1 Å². The van der Waals surface area contributed by atoms with Crippen LogP contribution in [-0.2, 0) is 33.3 Å². The Morgan fingerprint density at radius 2 is 1.44 bits per heavy atom. The molecule has 1 amide bonds. The first kappa shape index (κ1) is 22.6. The number of carbonyl (C=O) groups is 3. The Balaban J connectivity index is 4.89. The van der Waals surface area contributed by atoms with Gasteiger partial charge in [-0.2, -0.15) is 0 Å². The zero-order valence-electron chi connectivity index (χ0n) is 14.7. The van der Waals surface area contributed by atoms with Gasteiger partial charge in [-0.25, -0.2) is 14.4 Å². The fourth-order valence-electron chi connectivity index (χ4n) is 1.61. The van der Waals surface area contributed by atoms with Gasteiger partial charge in [0.25, 0.3) is 0 Å². The molecule has 1 N–H and O–H groups in total. The summed E-state index contributed by atoms with van der Waals surface area (Å²) in [6, 6.07) is 0. The van der Waals surface area contributed by atoms with Crippen LogP contribution in [0.2, 0.25) is 0 Å². The van der Waals surface area contributed by atoms with Crippen LogP contribution >= 0.6 is 0 Å². The van der Waals surface area contributed by atoms with Crippen molar-refractivity contribution in [3.63, 3.8) is 0 Å². The zero-order valence-corrected chi connectivity index (χ0v) is 14.7. The molecule has 0 saturated carbocycles. The normalized spacial score (nSPS) is 10.7. The summed E-state index contributed by atoms with van der Waals surface area (Å²) in [6.45, 7) is 7.80. The van der Waals surface area contributed by atoms with E-state index < -0.39 is 29.7 Å². The van der Waals surface area contributed by atoms with E-state index >= 15 is 0 Å². The third kappa shape index (κ3) is 10.2. The Morgan fingerprint density at radius 1 is 1.00 bits per heavy atom. The van der Waals surface area contributed by atoms with Crippen molar-refractivity contribution in [2.75, 3.05) is 40.6 Å². The molecule has 0 spiro atoms. The van der Waals surface area contributed by atoms with Crippen molar-refractivity contribution in [1.29, 1.82) is 0 Å². The molecule has 0 unspecified atom stereocenters. The lowest BCUT2D eigenvalue weighted by molar-refractivity contribution is -0.144. The molecule has 0 fully saturated rings. The third-order valence-corrected chi connectivity index (χ3v) is 2.78. The SMILES string of the molecule is C=CC(=O)OCC(C)(COC(=O)C=C)NC(=O)OC(COC)COC. The van der Waals surface area contributed by atoms with Gasteiger partial charge in [-0.1, -0.05) is 13.2 Å². The van der Waals surface area contributed by atoms with Crippen LogP contribution in [0.25, 0.3) is 0 Å². The van der Waals surface area contributed by atoms with Crippen molar-refractivity contribution in [3.05, 3.63) is 25.3 Å². The van der Waals surface area contributed by atoms with E-state index in [1.165, 1.54) is 21.1 Å². The van der Waals surface area contributed by atoms with Gasteiger partial charge in [0, 0.05) is 26.4 Å². The maximum absolute atomic E-state index is 12.1. The summed E-state index contributed by atoms with van der Waals surface area (Å²) in [5.41, 5.74) is -1.22. The second-order valence-electron chi connectivity index (χ2n) is 5.25. The van der Waals surface area contributed by atoms with Crippen LogP contribution in [0.1, 0.15) is 6.92 Å². The number of amides is 1. The highest BCUT2D eigenvalue weighted by atomic mass is 16.6. The van der Waals surface area contributed by atoms with Crippen LogP contribution in [-0.4, -0.2) is 70.3 Å². The molecule has 0 aliphatic heterocycles. The molecule has 0 aliphatic rings. The van der Waals surface area contributed by atoms with Crippen LogP contribution in [0.15, 0.2) is 25.3 Å². The predicted molar refractivity (Wildman–Crippen MR) is 87.9 cm³/mol. The molecule has 0 saturated heterocycles. The third-order valence-electron chi connectivity index (χ3n) is 2.78. The van der Waals surface area contributed by atoms with Gasteiger partial charge in [-0.05, 0) is 6.92 Å². The number of rotatable bonds is 12. The lowest BCUT2D eigenvalue weighted by atomic mass is 10.1. The molecule has 25 heavy (non-hydrogen) atoms. The number of hydrogen-bond donors (Lipinski definition) is 1. The number of carbonyl (C=O) groups excluding carboxylic acids is 3. The van der Waals surface area contributed by atoms with E-state index in [9.17, 15) is 14.4 Å². The molecule has 0 bridgehead atoms. The molecule has 0 atom stereocenters. The highest BCUT2D eigenvalue weighted by molar-refractivity contribution is 5.82. The van der Waals surface area contributed by atoms with Crippen LogP contribution in [0.4, 0.5) is 4.79 Å². The van der Waals surface area contributed by atoms with Crippen LogP contribution in [0.3, 0.4) is 0 Å². The maximum atomic E-state index is 12.1. The summed E-state index contributed by atoms with van der Waals surface area (Å²) >= 11 is 0. The Hall–Kier alpha value is -2.39. The molecule has 0 aromatic heterocycles. The fourth-order valence-corrected chi connectivity index (χ4v) is 1.61. The standard InChI is InChI=1S/C16H25NO8/c1-6-13(18)23-10-16(3,11-24-14(19)7-2)17-15(20)25-12(8-21-4)9-22-5/h6-7,12H,1-2,8-11H2,3-5H3,(H,17,20). The lowest BCUT2D eigenvalue weighted by Gasteiger charge is -2.29. The maximum Gasteiger partial charge on any atom is 0.408 e. The van der Waals surface area contributed by atoms with Gasteiger partial charge in [0.2, 0.25) is 0 Å². The fraction of sp³-hybridized carbons (Fsp3) is 0.562. The Bertz CT molecular complexity index is 447. The molecule has 9 nitrogen and oxygen atoms in total. The van der Waals surface area contributed by atoms with Gasteiger partial charge in [0.1, 0.15) is 18.8 Å². The first-order valence-corrected chi connectivity index (χ1v) is 7.35. The average molecular weight is 359 g/mol. The highest BCUT2D eigenvalue weighted by Gasteiger charge is 2.31. The molecule has 0 aromatic rings. The highest BCUT2D eigenvalue weighted by Crippen LogP contribution is 2.08. The largest absolute Gasteiger partial charge is 0.460 e. The molecule has 9 heteroatoms. The van der Waals surface area contributed by atoms with Gasteiger partial charge < -0.3 is 29.0 Å². The van der Waals surface area contributed by atoms with Crippen LogP contribution in [0.5, 0.6) is 0 Å². The summed E-state index contributed by atoms with van der Waals surface area (Å²) in [7, 11) is 2.91. The van der Waals surface area contributed by atoms with Crippen LogP contribution < -0.4 is 5.32 Å². The Kier molecular flexibility index (Phi) is 10.9. The Labute approximate surface area is 146 Å². The number of ether oxygens (including phenoxy) is 5. The first-order chi connectivity index (χ1) is 11.8. The van der Waals surface area contributed by atoms with Gasteiger partial charge >= 0.3 is 18.0 Å². The van der Waals surface area contributed by atoms with Gasteiger partial charge in [-0.15, -0.1) is 0 Å². The number of hydrogen-bond acceptors (Lipinski definition) is 8. The number of esters is 2. The van der Waals surface area contributed by atoms with Crippen molar-refractivity contribution in [2.24, 2.45) is 0 Å². The summed E-state index contributed by atoms with van der Waals surface area (Å²) in [5.74, 6) is -1.37. The second-order valence-corrected chi connectivity index (χ2v) is 5.25. The lowest BCUT2D eigenvalue weighted by Crippen LogP contribution is -2.54. The molecule has 0 radical (unpaired) electrons. The zero-order chi connectivity index (χ0) is 19.3. The van der Waals surface area contributed by atoms with E-state index in [4.69, 9.17) is 23.7 Å². The number of alkyl carbamates (subject to hydrolysis) is 1. The van der Waals surface area contributed by atoms with E-state index in [0.29, 0.717) is 0 Å². The molecule has 0 rings (SSSR count).